The van der Waals surface area contributed by atoms with Gasteiger partial charge in [0.05, 0.1) is 4.87 Å². The summed E-state index contributed by atoms with van der Waals surface area (Å²) in [5.41, 5.74) is 1.12. The van der Waals surface area contributed by atoms with Gasteiger partial charge in [0.25, 0.3) is 0 Å². The molecular weight excluding hydrogens is 191 g/mol. The van der Waals surface area contributed by atoms with Gasteiger partial charge in [0.1, 0.15) is 0 Å². The van der Waals surface area contributed by atoms with Gasteiger partial charge in [-0.2, -0.15) is 0 Å². The number of halogens is 2. The molecule has 0 nitrogen and oxygen atoms in total. The zero-order valence-electron chi connectivity index (χ0n) is 7.27. The van der Waals surface area contributed by atoms with Crippen molar-refractivity contribution in [3.8, 4) is 0 Å². The summed E-state index contributed by atoms with van der Waals surface area (Å²) < 4.78 is 0. The third kappa shape index (κ3) is 2.15. The molecule has 0 aliphatic heterocycles. The fourth-order valence-corrected chi connectivity index (χ4v) is 1.25. The summed E-state index contributed by atoms with van der Waals surface area (Å²) in [6.45, 7) is 4.08. The van der Waals surface area contributed by atoms with E-state index < -0.39 is 0 Å². The van der Waals surface area contributed by atoms with Gasteiger partial charge in [-0.1, -0.05) is 30.7 Å². The Balaban J connectivity index is 2.96. The normalized spacial score (nSPS) is 15.7. The highest BCUT2D eigenvalue weighted by Crippen LogP contribution is 2.32. The van der Waals surface area contributed by atoms with Gasteiger partial charge in [-0.15, -0.1) is 11.6 Å². The van der Waals surface area contributed by atoms with Crippen LogP contribution in [0.25, 0.3) is 0 Å². The number of hydrogen-bond donors (Lipinski definition) is 0. The van der Waals surface area contributed by atoms with Gasteiger partial charge in [0.2, 0.25) is 0 Å². The Labute approximate surface area is 83.5 Å². The summed E-state index contributed by atoms with van der Waals surface area (Å²) in [6.07, 6.45) is 0.913. The highest BCUT2D eigenvalue weighted by atomic mass is 35.5. The molecule has 1 aromatic rings. The number of alkyl halides is 1. The first-order valence-electron chi connectivity index (χ1n) is 4.01. The Bertz CT molecular complexity index is 249. The molecule has 0 amide bonds. The number of rotatable bonds is 2. The van der Waals surface area contributed by atoms with Crippen LogP contribution in [0.1, 0.15) is 25.8 Å². The lowest BCUT2D eigenvalue weighted by atomic mass is 9.98. The Morgan fingerprint density at radius 2 is 1.75 bits per heavy atom. The monoisotopic (exact) mass is 202 g/mol. The second-order valence-corrected chi connectivity index (χ2v) is 4.33. The van der Waals surface area contributed by atoms with Crippen LogP contribution in [0.4, 0.5) is 0 Å². The first-order valence-corrected chi connectivity index (χ1v) is 4.77. The van der Waals surface area contributed by atoms with Crippen molar-refractivity contribution in [3.63, 3.8) is 0 Å². The third-order valence-electron chi connectivity index (χ3n) is 2.11. The first-order chi connectivity index (χ1) is 5.56. The lowest BCUT2D eigenvalue weighted by Crippen LogP contribution is -2.11. The van der Waals surface area contributed by atoms with Crippen molar-refractivity contribution in [2.45, 2.75) is 25.1 Å². The van der Waals surface area contributed by atoms with Gasteiger partial charge in [-0.05, 0) is 31.0 Å². The molecule has 12 heavy (non-hydrogen) atoms. The van der Waals surface area contributed by atoms with Crippen LogP contribution >= 0.6 is 23.2 Å². The fraction of sp³-hybridized carbons (Fsp3) is 0.400. The average molecular weight is 203 g/mol. The predicted molar refractivity (Wildman–Crippen MR) is 54.9 cm³/mol. The minimum absolute atomic E-state index is 0.259. The van der Waals surface area contributed by atoms with Crippen molar-refractivity contribution in [2.75, 3.05) is 0 Å². The molecule has 1 rings (SSSR count). The minimum atomic E-state index is -0.259. The van der Waals surface area contributed by atoms with Gasteiger partial charge in [0, 0.05) is 5.02 Å². The van der Waals surface area contributed by atoms with Crippen LogP contribution in [0.2, 0.25) is 5.02 Å². The topological polar surface area (TPSA) is 0 Å². The smallest absolute Gasteiger partial charge is 0.0664 e. The van der Waals surface area contributed by atoms with Crippen LogP contribution < -0.4 is 0 Å². The Kier molecular flexibility index (Phi) is 3.03. The molecule has 0 aromatic heterocycles. The molecule has 1 unspecified atom stereocenters. The molecule has 0 saturated carbocycles. The van der Waals surface area contributed by atoms with Crippen LogP contribution in [0.15, 0.2) is 24.3 Å². The third-order valence-corrected chi connectivity index (χ3v) is 2.85. The van der Waals surface area contributed by atoms with Crippen molar-refractivity contribution in [3.05, 3.63) is 34.9 Å². The zero-order valence-corrected chi connectivity index (χ0v) is 8.78. The molecule has 1 atom stereocenters. The molecule has 0 fully saturated rings. The number of benzene rings is 1. The zero-order chi connectivity index (χ0) is 9.19. The molecule has 1 aromatic carbocycles. The van der Waals surface area contributed by atoms with Crippen molar-refractivity contribution >= 4 is 23.2 Å². The summed E-state index contributed by atoms with van der Waals surface area (Å²) in [5, 5.41) is 0.752. The van der Waals surface area contributed by atoms with Crippen LogP contribution in [0.5, 0.6) is 0 Å². The van der Waals surface area contributed by atoms with E-state index >= 15 is 0 Å². The SMILES string of the molecule is CCC(C)(Cl)c1ccc(Cl)cc1. The Hall–Kier alpha value is -0.200. The molecular formula is C10H12Cl2. The van der Waals surface area contributed by atoms with Gasteiger partial charge >= 0.3 is 0 Å². The summed E-state index contributed by atoms with van der Waals surface area (Å²) >= 11 is 12.0. The maximum absolute atomic E-state index is 6.26. The van der Waals surface area contributed by atoms with Crippen molar-refractivity contribution in [2.24, 2.45) is 0 Å². The molecule has 0 spiro atoms. The fourth-order valence-electron chi connectivity index (χ4n) is 1.00. The summed E-state index contributed by atoms with van der Waals surface area (Å²) in [4.78, 5) is -0.259. The van der Waals surface area contributed by atoms with E-state index in [-0.39, 0.29) is 4.87 Å². The van der Waals surface area contributed by atoms with E-state index in [9.17, 15) is 0 Å². The lowest BCUT2D eigenvalue weighted by Gasteiger charge is -2.20. The van der Waals surface area contributed by atoms with Crippen LogP contribution in [-0.2, 0) is 4.87 Å². The van der Waals surface area contributed by atoms with Crippen LogP contribution in [0.3, 0.4) is 0 Å². The molecule has 0 aliphatic rings. The molecule has 0 saturated heterocycles. The standard InChI is InChI=1S/C10H12Cl2/c1-3-10(2,12)8-4-6-9(11)7-5-8/h4-7H,3H2,1-2H3. The first kappa shape index (κ1) is 9.88. The van der Waals surface area contributed by atoms with Crippen molar-refractivity contribution in [1.82, 2.24) is 0 Å². The second kappa shape index (κ2) is 3.68. The summed E-state index contributed by atoms with van der Waals surface area (Å²) in [7, 11) is 0. The summed E-state index contributed by atoms with van der Waals surface area (Å²) in [5.74, 6) is 0. The highest BCUT2D eigenvalue weighted by Gasteiger charge is 2.20. The maximum atomic E-state index is 6.26. The summed E-state index contributed by atoms with van der Waals surface area (Å²) in [6, 6.07) is 7.68. The van der Waals surface area contributed by atoms with Crippen LogP contribution in [0, 0.1) is 0 Å². The largest absolute Gasteiger partial charge is 0.114 e. The van der Waals surface area contributed by atoms with E-state index in [1.807, 2.05) is 31.2 Å². The minimum Gasteiger partial charge on any atom is -0.114 e. The lowest BCUT2D eigenvalue weighted by molar-refractivity contribution is 0.650. The van der Waals surface area contributed by atoms with E-state index in [0.29, 0.717) is 0 Å². The maximum Gasteiger partial charge on any atom is 0.0664 e. The molecule has 0 bridgehead atoms. The molecule has 0 aliphatic carbocycles. The van der Waals surface area contributed by atoms with Crippen molar-refractivity contribution in [1.29, 1.82) is 0 Å². The van der Waals surface area contributed by atoms with Gasteiger partial charge in [-0.3, -0.25) is 0 Å². The van der Waals surface area contributed by atoms with Gasteiger partial charge in [-0.25, -0.2) is 0 Å². The van der Waals surface area contributed by atoms with Gasteiger partial charge in [0.15, 0.2) is 0 Å². The molecule has 66 valence electrons. The molecule has 2 heteroatoms. The second-order valence-electron chi connectivity index (χ2n) is 3.06. The quantitative estimate of drug-likeness (QED) is 0.631. The predicted octanol–water partition coefficient (Wildman–Crippen LogP) is 4.20. The van der Waals surface area contributed by atoms with Gasteiger partial charge < -0.3 is 0 Å². The average Bonchev–Trinajstić information content (AvgIpc) is 2.05. The Morgan fingerprint density at radius 3 is 2.17 bits per heavy atom. The van der Waals surface area contributed by atoms with E-state index in [1.54, 1.807) is 0 Å². The molecule has 0 N–H and O–H groups in total. The molecule has 0 radical (unpaired) electrons. The van der Waals surface area contributed by atoms with E-state index in [1.165, 1.54) is 0 Å². The van der Waals surface area contributed by atoms with E-state index in [0.717, 1.165) is 17.0 Å². The van der Waals surface area contributed by atoms with Crippen LogP contribution in [-0.4, -0.2) is 0 Å². The van der Waals surface area contributed by atoms with E-state index in [2.05, 4.69) is 6.92 Å². The highest BCUT2D eigenvalue weighted by molar-refractivity contribution is 6.30. The molecule has 0 heterocycles. The number of hydrogen-bond acceptors (Lipinski definition) is 0. The Morgan fingerprint density at radius 1 is 1.25 bits per heavy atom. The van der Waals surface area contributed by atoms with Crippen molar-refractivity contribution < 1.29 is 0 Å². The van der Waals surface area contributed by atoms with E-state index in [4.69, 9.17) is 23.2 Å².